The molecule has 1 saturated heterocycles. The van der Waals surface area contributed by atoms with E-state index >= 15 is 0 Å². The molecule has 0 bridgehead atoms. The average molecular weight is 236 g/mol. The number of imidazole rings is 1. The largest absolute Gasteiger partial charge is 0.348 e. The molecule has 1 unspecified atom stereocenters. The Balaban J connectivity index is 1.90. The van der Waals surface area contributed by atoms with Gasteiger partial charge in [0, 0.05) is 12.4 Å². The predicted octanol–water partition coefficient (Wildman–Crippen LogP) is 0.804. The summed E-state index contributed by atoms with van der Waals surface area (Å²) in [5.74, 6) is 0.845. The maximum Gasteiger partial charge on any atom is 0.238 e. The number of hydrogen-bond donors (Lipinski definition) is 3. The average Bonchev–Trinajstić information content (AvgIpc) is 2.78. The van der Waals surface area contributed by atoms with Gasteiger partial charge in [-0.15, -0.1) is 0 Å². The number of carbonyl (C=O) groups is 1. The first-order valence-corrected chi connectivity index (χ1v) is 6.09. The third-order valence-corrected chi connectivity index (χ3v) is 3.37. The van der Waals surface area contributed by atoms with Crippen LogP contribution in [0.2, 0.25) is 0 Å². The molecule has 0 spiro atoms. The Morgan fingerprint density at radius 1 is 1.65 bits per heavy atom. The Kier molecular flexibility index (Phi) is 3.47. The smallest absolute Gasteiger partial charge is 0.238 e. The van der Waals surface area contributed by atoms with E-state index in [0.717, 1.165) is 25.2 Å². The molecule has 0 aliphatic carbocycles. The lowest BCUT2D eigenvalue weighted by Crippen LogP contribution is -2.55. The van der Waals surface area contributed by atoms with Crippen molar-refractivity contribution in [1.82, 2.24) is 20.6 Å². The molecular formula is C12H20N4O. The highest BCUT2D eigenvalue weighted by atomic mass is 16.2. The van der Waals surface area contributed by atoms with Crippen LogP contribution < -0.4 is 10.6 Å². The number of nitrogens with zero attached hydrogens (tertiary/aromatic N) is 1. The summed E-state index contributed by atoms with van der Waals surface area (Å²) in [6, 6.07) is -0.105. The molecule has 5 nitrogen and oxygen atoms in total. The van der Waals surface area contributed by atoms with Crippen molar-refractivity contribution < 1.29 is 4.79 Å². The quantitative estimate of drug-likeness (QED) is 0.727. The number of amides is 1. The molecule has 1 aromatic rings. The second kappa shape index (κ2) is 4.87. The maximum absolute atomic E-state index is 12.1. The maximum atomic E-state index is 12.1. The third-order valence-electron chi connectivity index (χ3n) is 3.37. The summed E-state index contributed by atoms with van der Waals surface area (Å²) in [6.07, 6.45) is 5.66. The van der Waals surface area contributed by atoms with E-state index in [-0.39, 0.29) is 17.4 Å². The van der Waals surface area contributed by atoms with Crippen LogP contribution in [0.4, 0.5) is 0 Å². The topological polar surface area (TPSA) is 69.8 Å². The van der Waals surface area contributed by atoms with Crippen molar-refractivity contribution >= 4 is 5.91 Å². The zero-order chi connectivity index (χ0) is 12.3. The Labute approximate surface area is 101 Å². The molecule has 17 heavy (non-hydrogen) atoms. The van der Waals surface area contributed by atoms with E-state index in [0.29, 0.717) is 6.54 Å². The van der Waals surface area contributed by atoms with Crippen LogP contribution in [-0.4, -0.2) is 28.5 Å². The normalized spacial score (nSPS) is 23.3. The van der Waals surface area contributed by atoms with Gasteiger partial charge in [0.2, 0.25) is 5.91 Å². The van der Waals surface area contributed by atoms with E-state index in [1.807, 2.05) is 0 Å². The van der Waals surface area contributed by atoms with Gasteiger partial charge in [0.25, 0.3) is 0 Å². The number of aromatic amines is 1. The molecule has 0 radical (unpaired) electrons. The van der Waals surface area contributed by atoms with Crippen LogP contribution in [0.15, 0.2) is 12.4 Å². The van der Waals surface area contributed by atoms with Gasteiger partial charge in [0.05, 0.1) is 12.6 Å². The van der Waals surface area contributed by atoms with Gasteiger partial charge in [0.15, 0.2) is 0 Å². The van der Waals surface area contributed by atoms with E-state index in [4.69, 9.17) is 0 Å². The lowest BCUT2D eigenvalue weighted by atomic mass is 9.77. The second-order valence-corrected chi connectivity index (χ2v) is 5.23. The van der Waals surface area contributed by atoms with Crippen LogP contribution in [0.1, 0.15) is 32.5 Å². The van der Waals surface area contributed by atoms with Crippen LogP contribution in [0.5, 0.6) is 0 Å². The van der Waals surface area contributed by atoms with Crippen molar-refractivity contribution in [3.8, 4) is 0 Å². The molecule has 1 aliphatic rings. The van der Waals surface area contributed by atoms with Crippen molar-refractivity contribution in [2.75, 3.05) is 6.54 Å². The number of hydrogen-bond acceptors (Lipinski definition) is 3. The zero-order valence-electron chi connectivity index (χ0n) is 10.4. The fourth-order valence-electron chi connectivity index (χ4n) is 2.33. The first kappa shape index (κ1) is 12.1. The molecule has 2 rings (SSSR count). The lowest BCUT2D eigenvalue weighted by molar-refractivity contribution is -0.127. The standard InChI is InChI=1S/C12H20N4O/c1-12(2)4-3-5-15-10(12)11(17)16-8-9-13-6-7-14-9/h6-7,10,15H,3-5,8H2,1-2H3,(H,13,14)(H,16,17). The first-order valence-electron chi connectivity index (χ1n) is 6.09. The van der Waals surface area contributed by atoms with Gasteiger partial charge >= 0.3 is 0 Å². The van der Waals surface area contributed by atoms with Gasteiger partial charge < -0.3 is 15.6 Å². The highest BCUT2D eigenvalue weighted by Gasteiger charge is 2.36. The van der Waals surface area contributed by atoms with Crippen molar-refractivity contribution in [2.45, 2.75) is 39.3 Å². The third kappa shape index (κ3) is 2.85. The fourth-order valence-corrected chi connectivity index (χ4v) is 2.33. The van der Waals surface area contributed by atoms with Crippen LogP contribution in [0.25, 0.3) is 0 Å². The first-order chi connectivity index (χ1) is 8.09. The number of H-pyrrole nitrogens is 1. The Bertz CT molecular complexity index is 372. The van der Waals surface area contributed by atoms with E-state index in [1.54, 1.807) is 12.4 Å². The zero-order valence-corrected chi connectivity index (χ0v) is 10.4. The van der Waals surface area contributed by atoms with E-state index in [1.165, 1.54) is 0 Å². The Hall–Kier alpha value is -1.36. The molecule has 1 aliphatic heterocycles. The van der Waals surface area contributed by atoms with Crippen LogP contribution >= 0.6 is 0 Å². The van der Waals surface area contributed by atoms with Crippen LogP contribution in [0, 0.1) is 5.41 Å². The monoisotopic (exact) mass is 236 g/mol. The Morgan fingerprint density at radius 2 is 2.47 bits per heavy atom. The SMILES string of the molecule is CC1(C)CCCNC1C(=O)NCc1ncc[nH]1. The summed E-state index contributed by atoms with van der Waals surface area (Å²) in [4.78, 5) is 19.1. The minimum atomic E-state index is -0.105. The summed E-state index contributed by atoms with van der Waals surface area (Å²) in [5.41, 5.74) is 0.0193. The number of piperidine rings is 1. The number of aromatic nitrogens is 2. The number of nitrogens with one attached hydrogen (secondary N) is 3. The lowest BCUT2D eigenvalue weighted by Gasteiger charge is -2.38. The minimum Gasteiger partial charge on any atom is -0.348 e. The van der Waals surface area contributed by atoms with Gasteiger partial charge in [-0.2, -0.15) is 0 Å². The van der Waals surface area contributed by atoms with Crippen molar-refractivity contribution in [3.05, 3.63) is 18.2 Å². The molecule has 1 fully saturated rings. The highest BCUT2D eigenvalue weighted by Crippen LogP contribution is 2.30. The van der Waals surface area contributed by atoms with E-state index in [9.17, 15) is 4.79 Å². The summed E-state index contributed by atoms with van der Waals surface area (Å²) >= 11 is 0. The second-order valence-electron chi connectivity index (χ2n) is 5.23. The van der Waals surface area contributed by atoms with Crippen LogP contribution in [-0.2, 0) is 11.3 Å². The summed E-state index contributed by atoms with van der Waals surface area (Å²) in [5, 5.41) is 6.21. The molecule has 0 aromatic carbocycles. The van der Waals surface area contributed by atoms with Gasteiger partial charge in [-0.3, -0.25) is 4.79 Å². The van der Waals surface area contributed by atoms with E-state index in [2.05, 4.69) is 34.4 Å². The van der Waals surface area contributed by atoms with Crippen molar-refractivity contribution in [1.29, 1.82) is 0 Å². The molecule has 1 atom stereocenters. The summed E-state index contributed by atoms with van der Waals surface area (Å²) < 4.78 is 0. The molecule has 3 N–H and O–H groups in total. The van der Waals surface area contributed by atoms with Gasteiger partial charge in [-0.25, -0.2) is 4.98 Å². The van der Waals surface area contributed by atoms with Crippen LogP contribution in [0.3, 0.4) is 0 Å². The molecule has 5 heteroatoms. The molecule has 94 valence electrons. The molecular weight excluding hydrogens is 216 g/mol. The highest BCUT2D eigenvalue weighted by molar-refractivity contribution is 5.82. The number of rotatable bonds is 3. The fraction of sp³-hybridized carbons (Fsp3) is 0.667. The van der Waals surface area contributed by atoms with Gasteiger partial charge in [0.1, 0.15) is 5.82 Å². The van der Waals surface area contributed by atoms with Gasteiger partial charge in [-0.05, 0) is 24.8 Å². The Morgan fingerprint density at radius 3 is 3.12 bits per heavy atom. The minimum absolute atomic E-state index is 0.0193. The van der Waals surface area contributed by atoms with Crippen molar-refractivity contribution in [3.63, 3.8) is 0 Å². The van der Waals surface area contributed by atoms with E-state index < -0.39 is 0 Å². The van der Waals surface area contributed by atoms with Crippen molar-refractivity contribution in [2.24, 2.45) is 5.41 Å². The summed E-state index contributed by atoms with van der Waals surface area (Å²) in [6.45, 7) is 5.65. The molecule has 1 amide bonds. The number of carbonyl (C=O) groups excluding carboxylic acids is 1. The predicted molar refractivity (Wildman–Crippen MR) is 65.2 cm³/mol. The molecule has 0 saturated carbocycles. The molecule has 1 aromatic heterocycles. The van der Waals surface area contributed by atoms with Gasteiger partial charge in [-0.1, -0.05) is 13.8 Å². The summed E-state index contributed by atoms with van der Waals surface area (Å²) in [7, 11) is 0. The molecule has 2 heterocycles.